The number of Topliss-reactive ketones (excluding diaryl/α,β-unsaturated/α-hetero) is 1. The molecule has 0 unspecified atom stereocenters. The summed E-state index contributed by atoms with van der Waals surface area (Å²) in [6.45, 7) is 3.57. The second kappa shape index (κ2) is 9.27. The van der Waals surface area contributed by atoms with E-state index < -0.39 is 6.10 Å². The van der Waals surface area contributed by atoms with E-state index in [0.29, 0.717) is 30.2 Å². The topological polar surface area (TPSA) is 91.5 Å². The molecule has 3 rings (SSSR count). The summed E-state index contributed by atoms with van der Waals surface area (Å²) in [5.41, 5.74) is 0.633. The molecule has 0 saturated heterocycles. The molecule has 28 heavy (non-hydrogen) atoms. The minimum absolute atomic E-state index is 0.00664. The van der Waals surface area contributed by atoms with Gasteiger partial charge in [0.2, 0.25) is 0 Å². The van der Waals surface area contributed by atoms with Crippen LogP contribution in [0.15, 0.2) is 46.2 Å². The molecule has 0 N–H and O–H groups in total. The molecule has 2 aromatic heterocycles. The molecule has 1 aromatic carbocycles. The minimum Gasteiger partial charge on any atom is -0.494 e. The average molecular weight is 400 g/mol. The van der Waals surface area contributed by atoms with Gasteiger partial charge in [0, 0.05) is 12.0 Å². The van der Waals surface area contributed by atoms with Gasteiger partial charge in [-0.2, -0.15) is 0 Å². The van der Waals surface area contributed by atoms with Crippen LogP contribution in [0.4, 0.5) is 0 Å². The first-order valence-corrected chi connectivity index (χ1v) is 9.71. The first-order chi connectivity index (χ1) is 13.5. The largest absolute Gasteiger partial charge is 0.494 e. The number of ether oxygens (including phenoxy) is 2. The Bertz CT molecular complexity index is 918. The number of carbonyl (C=O) groups excluding carboxylic acids is 2. The molecule has 1 atom stereocenters. The third-order valence-corrected chi connectivity index (χ3v) is 4.74. The Balaban J connectivity index is 1.40. The molecule has 0 aliphatic carbocycles. The molecule has 3 aromatic rings. The van der Waals surface area contributed by atoms with E-state index in [1.54, 1.807) is 31.2 Å². The predicted molar refractivity (Wildman–Crippen MR) is 103 cm³/mol. The zero-order valence-corrected chi connectivity index (χ0v) is 16.4. The summed E-state index contributed by atoms with van der Waals surface area (Å²) in [5.74, 6) is 0.973. The number of hydrogen-bond acceptors (Lipinski definition) is 8. The number of benzene rings is 1. The van der Waals surface area contributed by atoms with Crippen molar-refractivity contribution in [2.75, 3.05) is 6.61 Å². The first kappa shape index (κ1) is 19.8. The molecule has 0 aliphatic rings. The molecule has 0 aliphatic heterocycles. The van der Waals surface area contributed by atoms with Crippen molar-refractivity contribution in [2.45, 2.75) is 32.8 Å². The lowest BCUT2D eigenvalue weighted by atomic mass is 10.1. The molecular formula is C20H20N2O5S. The summed E-state index contributed by atoms with van der Waals surface area (Å²) in [4.78, 5) is 24.1. The van der Waals surface area contributed by atoms with Gasteiger partial charge in [-0.25, -0.2) is 0 Å². The van der Waals surface area contributed by atoms with E-state index in [2.05, 4.69) is 10.2 Å². The van der Waals surface area contributed by atoms with Gasteiger partial charge in [0.05, 0.1) is 11.5 Å². The van der Waals surface area contributed by atoms with E-state index in [0.717, 1.165) is 4.88 Å². The van der Waals surface area contributed by atoms with Gasteiger partial charge in [0.15, 0.2) is 11.9 Å². The highest BCUT2D eigenvalue weighted by atomic mass is 32.1. The Hall–Kier alpha value is -3.00. The second-order valence-corrected chi connectivity index (χ2v) is 7.04. The molecule has 0 amide bonds. The predicted octanol–water partition coefficient (Wildman–Crippen LogP) is 4.46. The van der Waals surface area contributed by atoms with Crippen molar-refractivity contribution in [3.05, 3.63) is 53.2 Å². The van der Waals surface area contributed by atoms with Crippen molar-refractivity contribution in [1.29, 1.82) is 0 Å². The standard InChI is InChI=1S/C20H20N2O5S/c1-13(23)15-7-9-16(10-8-15)25-11-3-6-18(24)26-14(2)19-21-22-20(27-19)17-5-4-12-28-17/h4-5,7-10,12,14H,3,6,11H2,1-2H3/t14-/m1/s1. The Kier molecular flexibility index (Phi) is 6.54. The Morgan fingerprint density at radius 3 is 2.64 bits per heavy atom. The van der Waals surface area contributed by atoms with Gasteiger partial charge in [-0.15, -0.1) is 21.5 Å². The number of rotatable bonds is 9. The SMILES string of the molecule is CC(=O)c1ccc(OCCCC(=O)O[C@H](C)c2nnc(-c3cccs3)o2)cc1. The molecule has 0 fully saturated rings. The van der Waals surface area contributed by atoms with Gasteiger partial charge in [-0.3, -0.25) is 9.59 Å². The molecule has 0 bridgehead atoms. The number of esters is 1. The minimum atomic E-state index is -0.617. The monoisotopic (exact) mass is 400 g/mol. The Labute approximate surface area is 166 Å². The van der Waals surface area contributed by atoms with E-state index in [4.69, 9.17) is 13.9 Å². The van der Waals surface area contributed by atoms with Crippen LogP contribution in [0.25, 0.3) is 10.8 Å². The van der Waals surface area contributed by atoms with Crippen LogP contribution >= 0.6 is 11.3 Å². The van der Waals surface area contributed by atoms with E-state index in [9.17, 15) is 9.59 Å². The third-order valence-electron chi connectivity index (χ3n) is 3.88. The van der Waals surface area contributed by atoms with Crippen molar-refractivity contribution >= 4 is 23.1 Å². The average Bonchev–Trinajstić information content (AvgIpc) is 3.37. The maximum absolute atomic E-state index is 12.0. The Morgan fingerprint density at radius 2 is 1.96 bits per heavy atom. The van der Waals surface area contributed by atoms with Gasteiger partial charge in [0.1, 0.15) is 5.75 Å². The van der Waals surface area contributed by atoms with Crippen LogP contribution in [0, 0.1) is 0 Å². The Morgan fingerprint density at radius 1 is 1.18 bits per heavy atom. The fourth-order valence-electron chi connectivity index (χ4n) is 2.40. The van der Waals surface area contributed by atoms with Crippen LogP contribution in [0.1, 0.15) is 49.0 Å². The molecular weight excluding hydrogens is 380 g/mol. The molecule has 0 spiro atoms. The number of ketones is 1. The molecule has 7 nitrogen and oxygen atoms in total. The van der Waals surface area contributed by atoms with Gasteiger partial charge < -0.3 is 13.9 Å². The van der Waals surface area contributed by atoms with Crippen molar-refractivity contribution in [3.63, 3.8) is 0 Å². The molecule has 2 heterocycles. The summed E-state index contributed by atoms with van der Waals surface area (Å²) in [6, 6.07) is 10.7. The van der Waals surface area contributed by atoms with Crippen LogP contribution in [0.5, 0.6) is 5.75 Å². The molecule has 0 saturated carbocycles. The summed E-state index contributed by atoms with van der Waals surface area (Å²) >= 11 is 1.49. The fourth-order valence-corrected chi connectivity index (χ4v) is 3.04. The van der Waals surface area contributed by atoms with E-state index in [1.165, 1.54) is 18.3 Å². The lowest BCUT2D eigenvalue weighted by Crippen LogP contribution is -2.10. The number of aromatic nitrogens is 2. The smallest absolute Gasteiger partial charge is 0.306 e. The summed E-state index contributed by atoms with van der Waals surface area (Å²) in [5, 5.41) is 9.84. The van der Waals surface area contributed by atoms with Crippen LogP contribution in [0.2, 0.25) is 0 Å². The maximum atomic E-state index is 12.0. The van der Waals surface area contributed by atoms with Gasteiger partial charge in [0.25, 0.3) is 11.8 Å². The van der Waals surface area contributed by atoms with E-state index in [-0.39, 0.29) is 24.1 Å². The fraction of sp³-hybridized carbons (Fsp3) is 0.300. The van der Waals surface area contributed by atoms with Crippen molar-refractivity contribution in [2.24, 2.45) is 0 Å². The van der Waals surface area contributed by atoms with E-state index >= 15 is 0 Å². The third kappa shape index (κ3) is 5.26. The first-order valence-electron chi connectivity index (χ1n) is 8.83. The number of nitrogens with zero attached hydrogens (tertiary/aromatic N) is 2. The van der Waals surface area contributed by atoms with Crippen LogP contribution in [0.3, 0.4) is 0 Å². The summed E-state index contributed by atoms with van der Waals surface area (Å²) in [6.07, 6.45) is 0.0975. The van der Waals surface area contributed by atoms with Gasteiger partial charge in [-0.05, 0) is 56.0 Å². The van der Waals surface area contributed by atoms with Crippen molar-refractivity contribution < 1.29 is 23.5 Å². The molecule has 8 heteroatoms. The maximum Gasteiger partial charge on any atom is 0.306 e. The molecule has 0 radical (unpaired) electrons. The van der Waals surface area contributed by atoms with Gasteiger partial charge in [-0.1, -0.05) is 6.07 Å². The summed E-state index contributed by atoms with van der Waals surface area (Å²) < 4.78 is 16.5. The highest BCUT2D eigenvalue weighted by Gasteiger charge is 2.19. The second-order valence-electron chi connectivity index (χ2n) is 6.09. The normalized spacial score (nSPS) is 11.8. The van der Waals surface area contributed by atoms with Crippen LogP contribution in [-0.4, -0.2) is 28.6 Å². The highest BCUT2D eigenvalue weighted by molar-refractivity contribution is 7.13. The number of thiophene rings is 1. The lowest BCUT2D eigenvalue weighted by Gasteiger charge is -2.10. The zero-order chi connectivity index (χ0) is 19.9. The van der Waals surface area contributed by atoms with E-state index in [1.807, 2.05) is 17.5 Å². The van der Waals surface area contributed by atoms with Crippen LogP contribution in [-0.2, 0) is 9.53 Å². The van der Waals surface area contributed by atoms with Crippen molar-refractivity contribution in [1.82, 2.24) is 10.2 Å². The van der Waals surface area contributed by atoms with Crippen molar-refractivity contribution in [3.8, 4) is 16.5 Å². The number of carbonyl (C=O) groups is 2. The zero-order valence-electron chi connectivity index (χ0n) is 15.6. The van der Waals surface area contributed by atoms with Crippen LogP contribution < -0.4 is 4.74 Å². The summed E-state index contributed by atoms with van der Waals surface area (Å²) in [7, 11) is 0. The number of hydrogen-bond donors (Lipinski definition) is 0. The molecule has 146 valence electrons. The lowest BCUT2D eigenvalue weighted by molar-refractivity contribution is -0.149. The van der Waals surface area contributed by atoms with Gasteiger partial charge >= 0.3 is 5.97 Å². The highest BCUT2D eigenvalue weighted by Crippen LogP contribution is 2.26. The quantitative estimate of drug-likeness (QED) is 0.297.